The number of carbonyl (C=O) groups is 1. The van der Waals surface area contributed by atoms with Gasteiger partial charge in [0.25, 0.3) is 0 Å². The van der Waals surface area contributed by atoms with Crippen LogP contribution in [0.25, 0.3) is 11.3 Å². The fraction of sp³-hybridized carbons (Fsp3) is 0.233. The zero-order chi connectivity index (χ0) is 24.6. The van der Waals surface area contributed by atoms with Gasteiger partial charge in [-0.3, -0.25) is 10.1 Å². The van der Waals surface area contributed by atoms with Gasteiger partial charge in [-0.1, -0.05) is 105 Å². The topological polar surface area (TPSA) is 66.9 Å². The molecule has 0 saturated carbocycles. The highest BCUT2D eigenvalue weighted by molar-refractivity contribution is 5.82. The van der Waals surface area contributed by atoms with Gasteiger partial charge in [0.15, 0.2) is 5.82 Å². The number of benzene rings is 3. The van der Waals surface area contributed by atoms with E-state index in [1.807, 2.05) is 118 Å². The van der Waals surface area contributed by atoms with Gasteiger partial charge in [-0.2, -0.15) is 0 Å². The molecule has 0 spiro atoms. The van der Waals surface area contributed by atoms with E-state index >= 15 is 0 Å². The maximum atomic E-state index is 13.3. The van der Waals surface area contributed by atoms with E-state index in [0.29, 0.717) is 12.4 Å². The molecule has 4 rings (SSSR count). The van der Waals surface area contributed by atoms with Crippen molar-refractivity contribution < 1.29 is 4.79 Å². The number of hydrogen-bond acceptors (Lipinski definition) is 4. The Bertz CT molecular complexity index is 1230. The molecule has 0 aliphatic rings. The van der Waals surface area contributed by atoms with E-state index in [2.05, 4.69) is 10.6 Å². The number of aromatic nitrogens is 2. The van der Waals surface area contributed by atoms with Crippen LogP contribution >= 0.6 is 0 Å². The van der Waals surface area contributed by atoms with Crippen molar-refractivity contribution in [3.63, 3.8) is 0 Å². The summed E-state index contributed by atoms with van der Waals surface area (Å²) >= 11 is 0. The molecule has 0 aliphatic carbocycles. The van der Waals surface area contributed by atoms with Crippen LogP contribution in [0.2, 0.25) is 0 Å². The molecular formula is C30H32N4O. The molecule has 2 atom stereocenters. The summed E-state index contributed by atoms with van der Waals surface area (Å²) in [4.78, 5) is 23.0. The predicted molar refractivity (Wildman–Crippen MR) is 141 cm³/mol. The second kappa shape index (κ2) is 11.5. The number of carbonyl (C=O) groups excluding carboxylic acids is 1. The molecule has 5 heteroatoms. The van der Waals surface area contributed by atoms with E-state index < -0.39 is 6.04 Å². The minimum atomic E-state index is -0.423. The number of hydrogen-bond donors (Lipinski definition) is 2. The fourth-order valence-corrected chi connectivity index (χ4v) is 4.09. The van der Waals surface area contributed by atoms with E-state index in [1.165, 1.54) is 0 Å². The van der Waals surface area contributed by atoms with Crippen LogP contribution in [0.4, 0.5) is 0 Å². The van der Waals surface area contributed by atoms with Gasteiger partial charge in [0.05, 0.1) is 17.8 Å². The molecular weight excluding hydrogens is 432 g/mol. The van der Waals surface area contributed by atoms with Gasteiger partial charge in [-0.25, -0.2) is 9.97 Å². The first kappa shape index (κ1) is 24.3. The van der Waals surface area contributed by atoms with E-state index in [9.17, 15) is 4.79 Å². The first-order valence-electron chi connectivity index (χ1n) is 12.0. The Kier molecular flexibility index (Phi) is 8.01. The number of amides is 1. The number of nitrogens with zero attached hydrogens (tertiary/aromatic N) is 2. The lowest BCUT2D eigenvalue weighted by atomic mass is 9.98. The monoisotopic (exact) mass is 464 g/mol. The summed E-state index contributed by atoms with van der Waals surface area (Å²) in [7, 11) is 0. The molecule has 0 aliphatic heterocycles. The van der Waals surface area contributed by atoms with Crippen molar-refractivity contribution in [2.45, 2.75) is 39.4 Å². The smallest absolute Gasteiger partial charge is 0.237 e. The highest BCUT2D eigenvalue weighted by Gasteiger charge is 2.28. The summed E-state index contributed by atoms with van der Waals surface area (Å²) in [6.45, 7) is 6.56. The molecule has 0 unspecified atom stereocenters. The molecule has 1 heterocycles. The Morgan fingerprint density at radius 3 is 2.06 bits per heavy atom. The SMILES string of the molecule is Cc1cc(-c2ccccc2)nc([C@H](N[C@H](C(=O)NCc2ccccc2)C(C)C)c2ccccc2)n1. The largest absolute Gasteiger partial charge is 0.351 e. The standard InChI is InChI=1S/C30H32N4O/c1-21(2)27(30(35)31-20-23-13-7-4-8-14-23)34-28(25-17-11-6-12-18-25)29-32-22(3)19-26(33-29)24-15-9-5-10-16-24/h4-19,21,27-28,34H,20H2,1-3H3,(H,31,35)/t27-,28+/m0/s1. The lowest BCUT2D eigenvalue weighted by molar-refractivity contribution is -0.124. The van der Waals surface area contributed by atoms with Crippen LogP contribution in [-0.4, -0.2) is 21.9 Å². The Balaban J connectivity index is 1.65. The third-order valence-electron chi connectivity index (χ3n) is 5.94. The van der Waals surface area contributed by atoms with E-state index in [0.717, 1.165) is 28.1 Å². The van der Waals surface area contributed by atoms with Crippen LogP contribution in [0.1, 0.15) is 42.5 Å². The average molecular weight is 465 g/mol. The zero-order valence-electron chi connectivity index (χ0n) is 20.5. The highest BCUT2D eigenvalue weighted by Crippen LogP contribution is 2.25. The number of rotatable bonds is 9. The maximum absolute atomic E-state index is 13.3. The second-order valence-corrected chi connectivity index (χ2v) is 9.05. The molecule has 1 amide bonds. The van der Waals surface area contributed by atoms with Crippen molar-refractivity contribution >= 4 is 5.91 Å². The van der Waals surface area contributed by atoms with Gasteiger partial charge in [0.1, 0.15) is 0 Å². The van der Waals surface area contributed by atoms with Crippen LogP contribution in [0, 0.1) is 12.8 Å². The van der Waals surface area contributed by atoms with Gasteiger partial charge < -0.3 is 5.32 Å². The zero-order valence-corrected chi connectivity index (χ0v) is 20.5. The molecule has 0 radical (unpaired) electrons. The van der Waals surface area contributed by atoms with Gasteiger partial charge in [0, 0.05) is 17.8 Å². The third-order valence-corrected chi connectivity index (χ3v) is 5.94. The van der Waals surface area contributed by atoms with Crippen molar-refractivity contribution in [1.29, 1.82) is 0 Å². The molecule has 2 N–H and O–H groups in total. The van der Waals surface area contributed by atoms with Crippen LogP contribution in [-0.2, 0) is 11.3 Å². The molecule has 0 bridgehead atoms. The molecule has 3 aromatic carbocycles. The predicted octanol–water partition coefficient (Wildman–Crippen LogP) is 5.47. The molecule has 0 fully saturated rings. The van der Waals surface area contributed by atoms with Gasteiger partial charge in [-0.15, -0.1) is 0 Å². The van der Waals surface area contributed by atoms with Crippen LogP contribution in [0.3, 0.4) is 0 Å². The minimum Gasteiger partial charge on any atom is -0.351 e. The third kappa shape index (κ3) is 6.40. The van der Waals surface area contributed by atoms with Crippen LogP contribution in [0.5, 0.6) is 0 Å². The second-order valence-electron chi connectivity index (χ2n) is 9.05. The normalized spacial score (nSPS) is 12.8. The van der Waals surface area contributed by atoms with E-state index in [1.54, 1.807) is 0 Å². The Hall–Kier alpha value is -3.83. The highest BCUT2D eigenvalue weighted by atomic mass is 16.2. The number of aryl methyl sites for hydroxylation is 1. The molecule has 1 aromatic heterocycles. The summed E-state index contributed by atoms with van der Waals surface area (Å²) in [5, 5.41) is 6.69. The summed E-state index contributed by atoms with van der Waals surface area (Å²) < 4.78 is 0. The van der Waals surface area contributed by atoms with Crippen LogP contribution < -0.4 is 10.6 Å². The first-order chi connectivity index (χ1) is 17.0. The molecule has 5 nitrogen and oxygen atoms in total. The van der Waals surface area contributed by atoms with Crippen LogP contribution in [0.15, 0.2) is 97.1 Å². The molecule has 35 heavy (non-hydrogen) atoms. The molecule has 178 valence electrons. The van der Waals surface area contributed by atoms with Crippen molar-refractivity contribution in [2.75, 3.05) is 0 Å². The van der Waals surface area contributed by atoms with Gasteiger partial charge in [-0.05, 0) is 30.0 Å². The quantitative estimate of drug-likeness (QED) is 0.345. The summed E-state index contributed by atoms with van der Waals surface area (Å²) in [5.74, 6) is 0.674. The van der Waals surface area contributed by atoms with Crippen molar-refractivity contribution in [3.8, 4) is 11.3 Å². The fourth-order valence-electron chi connectivity index (χ4n) is 4.09. The van der Waals surface area contributed by atoms with Crippen molar-refractivity contribution in [1.82, 2.24) is 20.6 Å². The van der Waals surface area contributed by atoms with E-state index in [-0.39, 0.29) is 17.9 Å². The van der Waals surface area contributed by atoms with Gasteiger partial charge >= 0.3 is 0 Å². The molecule has 4 aromatic rings. The maximum Gasteiger partial charge on any atom is 0.237 e. The molecule has 0 saturated heterocycles. The summed E-state index contributed by atoms with van der Waals surface area (Å²) in [5.41, 5.74) is 4.86. The Morgan fingerprint density at radius 2 is 1.43 bits per heavy atom. The average Bonchev–Trinajstić information content (AvgIpc) is 2.89. The summed E-state index contributed by atoms with van der Waals surface area (Å²) in [6.07, 6.45) is 0. The lowest BCUT2D eigenvalue weighted by Gasteiger charge is -2.28. The first-order valence-corrected chi connectivity index (χ1v) is 12.0. The lowest BCUT2D eigenvalue weighted by Crippen LogP contribution is -2.49. The minimum absolute atomic E-state index is 0.0410. The van der Waals surface area contributed by atoms with Crippen molar-refractivity contribution in [3.05, 3.63) is 120 Å². The van der Waals surface area contributed by atoms with Gasteiger partial charge in [0.2, 0.25) is 5.91 Å². The Morgan fingerprint density at radius 1 is 0.829 bits per heavy atom. The Labute approximate surface area is 207 Å². The van der Waals surface area contributed by atoms with Crippen molar-refractivity contribution in [2.24, 2.45) is 5.92 Å². The summed E-state index contributed by atoms with van der Waals surface area (Å²) in [6, 6.07) is 31.3. The van der Waals surface area contributed by atoms with E-state index in [4.69, 9.17) is 9.97 Å². The number of nitrogens with one attached hydrogen (secondary N) is 2.